The van der Waals surface area contributed by atoms with Gasteiger partial charge in [-0.15, -0.1) is 0 Å². The highest BCUT2D eigenvalue weighted by atomic mass is 35.5. The minimum absolute atomic E-state index is 0.220. The van der Waals surface area contributed by atoms with E-state index < -0.39 is 11.7 Å². The van der Waals surface area contributed by atoms with Crippen LogP contribution in [0.3, 0.4) is 0 Å². The molecular weight excluding hydrogens is 401 g/mol. The topological polar surface area (TPSA) is 34.0 Å². The second kappa shape index (κ2) is 8.17. The first-order chi connectivity index (χ1) is 13.6. The Morgan fingerprint density at radius 1 is 1.17 bits per heavy atom. The van der Waals surface area contributed by atoms with E-state index in [2.05, 4.69) is 11.9 Å². The van der Waals surface area contributed by atoms with Gasteiger partial charge in [0.1, 0.15) is 0 Å². The van der Waals surface area contributed by atoms with Crippen LogP contribution in [0.5, 0.6) is 0 Å². The highest BCUT2D eigenvalue weighted by Crippen LogP contribution is 2.30. The summed E-state index contributed by atoms with van der Waals surface area (Å²) in [5, 5.41) is 4.07. The van der Waals surface area contributed by atoms with Crippen LogP contribution in [0.2, 0.25) is 0 Å². The van der Waals surface area contributed by atoms with Crippen molar-refractivity contribution in [2.45, 2.75) is 19.6 Å². The normalized spacial score (nSPS) is 12.2. The molecule has 0 radical (unpaired) electrons. The molecule has 3 rings (SSSR count). The molecule has 0 spiro atoms. The molecule has 7 heteroatoms. The lowest BCUT2D eigenvalue weighted by Gasteiger charge is -2.09. The first-order valence-electron chi connectivity index (χ1n) is 8.73. The number of carbonyl (C=O) groups excluding carboxylic acids is 1. The lowest BCUT2D eigenvalue weighted by molar-refractivity contribution is -0.137. The highest BCUT2D eigenvalue weighted by molar-refractivity contribution is 6.29. The zero-order valence-electron chi connectivity index (χ0n) is 15.6. The number of para-hydroxylation sites is 1. The van der Waals surface area contributed by atoms with Crippen LogP contribution in [0, 0.1) is 0 Å². The van der Waals surface area contributed by atoms with Gasteiger partial charge in [-0.3, -0.25) is 4.79 Å². The first kappa shape index (κ1) is 20.7. The molecule has 0 saturated heterocycles. The second-order valence-electron chi connectivity index (χ2n) is 6.59. The minimum Gasteiger partial charge on any atom is -0.341 e. The summed E-state index contributed by atoms with van der Waals surface area (Å²) < 4.78 is 40.2. The van der Waals surface area contributed by atoms with Crippen molar-refractivity contribution in [2.75, 3.05) is 5.32 Å². The van der Waals surface area contributed by atoms with Crippen LogP contribution in [-0.4, -0.2) is 10.5 Å². The summed E-state index contributed by atoms with van der Waals surface area (Å²) in [4.78, 5) is 12.4. The van der Waals surface area contributed by atoms with E-state index in [9.17, 15) is 18.0 Å². The number of amides is 1. The Labute approximate surface area is 171 Å². The van der Waals surface area contributed by atoms with Gasteiger partial charge in [-0.25, -0.2) is 0 Å². The first-order valence-corrected chi connectivity index (χ1v) is 9.11. The number of aromatic nitrogens is 1. The third-order valence-electron chi connectivity index (χ3n) is 4.34. The average molecular weight is 419 g/mol. The van der Waals surface area contributed by atoms with Gasteiger partial charge >= 0.3 is 6.18 Å². The average Bonchev–Trinajstić information content (AvgIpc) is 2.98. The number of nitrogens with zero attached hydrogens (tertiary/aromatic N) is 1. The van der Waals surface area contributed by atoms with Gasteiger partial charge in [0.15, 0.2) is 0 Å². The Morgan fingerprint density at radius 3 is 2.45 bits per heavy atom. The highest BCUT2D eigenvalue weighted by Gasteiger charge is 2.29. The quantitative estimate of drug-likeness (QED) is 0.380. The van der Waals surface area contributed by atoms with Crippen LogP contribution in [0.4, 0.5) is 18.9 Å². The maximum atomic E-state index is 12.8. The molecule has 0 bridgehead atoms. The molecule has 1 amide bonds. The van der Waals surface area contributed by atoms with Crippen molar-refractivity contribution in [1.82, 2.24) is 4.57 Å². The van der Waals surface area contributed by atoms with E-state index in [0.29, 0.717) is 22.8 Å². The predicted octanol–water partition coefficient (Wildman–Crippen LogP) is 6.35. The summed E-state index contributed by atoms with van der Waals surface area (Å²) >= 11 is 5.79. The van der Waals surface area contributed by atoms with Gasteiger partial charge in [0.2, 0.25) is 0 Å². The molecule has 1 aromatic heterocycles. The standard InChI is InChI=1S/C22H18ClF3N2O/c1-14(11-15(2)23)21(29)27-19-13-28(20-6-4-3-5-18(19)20)12-16-7-9-17(10-8-16)22(24,25)26/h3-11,13H,1,12H2,2H3,(H,27,29)/b15-11+. The molecule has 2 aromatic carbocycles. The molecular formula is C22H18ClF3N2O. The van der Waals surface area contributed by atoms with Crippen LogP contribution in [0.15, 0.2) is 78.0 Å². The van der Waals surface area contributed by atoms with E-state index in [1.165, 1.54) is 18.2 Å². The Balaban J connectivity index is 1.89. The predicted molar refractivity (Wildman–Crippen MR) is 110 cm³/mol. The zero-order valence-corrected chi connectivity index (χ0v) is 16.3. The number of benzene rings is 2. The number of anilines is 1. The number of nitrogens with one attached hydrogen (secondary N) is 1. The summed E-state index contributed by atoms with van der Waals surface area (Å²) in [6.07, 6.45) is -1.14. The number of rotatable bonds is 5. The van der Waals surface area contributed by atoms with E-state index in [4.69, 9.17) is 11.6 Å². The van der Waals surface area contributed by atoms with E-state index in [-0.39, 0.29) is 11.5 Å². The van der Waals surface area contributed by atoms with Gasteiger partial charge in [0, 0.05) is 28.7 Å². The number of carbonyl (C=O) groups is 1. The number of halogens is 4. The van der Waals surface area contributed by atoms with Gasteiger partial charge in [0.05, 0.1) is 16.8 Å². The number of fused-ring (bicyclic) bond motifs is 1. The third kappa shape index (κ3) is 4.90. The van der Waals surface area contributed by atoms with Crippen LogP contribution in [-0.2, 0) is 17.5 Å². The molecule has 0 aliphatic rings. The molecule has 0 fully saturated rings. The molecule has 29 heavy (non-hydrogen) atoms. The van der Waals surface area contributed by atoms with Crippen LogP contribution < -0.4 is 5.32 Å². The number of hydrogen-bond acceptors (Lipinski definition) is 1. The fourth-order valence-electron chi connectivity index (χ4n) is 2.98. The monoisotopic (exact) mass is 418 g/mol. The molecule has 0 aliphatic heterocycles. The summed E-state index contributed by atoms with van der Waals surface area (Å²) in [5.74, 6) is -0.387. The molecule has 150 valence electrons. The Hall–Kier alpha value is -2.99. The van der Waals surface area contributed by atoms with E-state index in [1.807, 2.05) is 28.8 Å². The van der Waals surface area contributed by atoms with Crippen LogP contribution in [0.25, 0.3) is 10.9 Å². The maximum Gasteiger partial charge on any atom is 0.416 e. The summed E-state index contributed by atoms with van der Waals surface area (Å²) in [6.45, 7) is 5.71. The summed E-state index contributed by atoms with van der Waals surface area (Å²) in [7, 11) is 0. The van der Waals surface area contributed by atoms with Crippen molar-refractivity contribution >= 4 is 34.1 Å². The molecule has 0 aliphatic carbocycles. The van der Waals surface area contributed by atoms with E-state index in [0.717, 1.165) is 23.0 Å². The van der Waals surface area contributed by atoms with E-state index >= 15 is 0 Å². The Kier molecular flexibility index (Phi) is 5.84. The molecule has 3 aromatic rings. The van der Waals surface area contributed by atoms with Gasteiger partial charge < -0.3 is 9.88 Å². The lowest BCUT2D eigenvalue weighted by Crippen LogP contribution is -2.12. The van der Waals surface area contributed by atoms with E-state index in [1.54, 1.807) is 13.1 Å². The SMILES string of the molecule is C=C(/C=C(\C)Cl)C(=O)Nc1cn(Cc2ccc(C(F)(F)F)cc2)c2ccccc12. The zero-order chi connectivity index (χ0) is 21.2. The van der Waals surface area contributed by atoms with Gasteiger partial charge in [0.25, 0.3) is 5.91 Å². The molecule has 1 N–H and O–H groups in total. The Morgan fingerprint density at radius 2 is 1.83 bits per heavy atom. The molecule has 3 nitrogen and oxygen atoms in total. The lowest BCUT2D eigenvalue weighted by atomic mass is 10.1. The van der Waals surface area contributed by atoms with Gasteiger partial charge in [-0.2, -0.15) is 13.2 Å². The largest absolute Gasteiger partial charge is 0.416 e. The molecule has 1 heterocycles. The summed E-state index contributed by atoms with van der Waals surface area (Å²) in [6, 6.07) is 12.5. The van der Waals surface area contributed by atoms with Crippen molar-refractivity contribution in [3.05, 3.63) is 89.1 Å². The summed E-state index contributed by atoms with van der Waals surface area (Å²) in [5.41, 5.74) is 1.67. The Bertz CT molecular complexity index is 1090. The molecule has 0 atom stereocenters. The van der Waals surface area contributed by atoms with Gasteiger partial charge in [-0.1, -0.05) is 48.5 Å². The van der Waals surface area contributed by atoms with Gasteiger partial charge in [-0.05, 0) is 36.8 Å². The minimum atomic E-state index is -4.37. The number of hydrogen-bond donors (Lipinski definition) is 1. The fourth-order valence-corrected chi connectivity index (χ4v) is 3.11. The fraction of sp³-hybridized carbons (Fsp3) is 0.136. The smallest absolute Gasteiger partial charge is 0.341 e. The van der Waals surface area contributed by atoms with Crippen molar-refractivity contribution in [1.29, 1.82) is 0 Å². The molecule has 0 saturated carbocycles. The van der Waals surface area contributed by atoms with Crippen molar-refractivity contribution < 1.29 is 18.0 Å². The van der Waals surface area contributed by atoms with Crippen LogP contribution >= 0.6 is 11.6 Å². The van der Waals surface area contributed by atoms with Crippen molar-refractivity contribution in [3.8, 4) is 0 Å². The molecule has 0 unspecified atom stereocenters. The number of allylic oxidation sites excluding steroid dienone is 1. The third-order valence-corrected chi connectivity index (χ3v) is 4.44. The van der Waals surface area contributed by atoms with Crippen molar-refractivity contribution in [2.24, 2.45) is 0 Å². The second-order valence-corrected chi connectivity index (χ2v) is 7.19. The number of alkyl halides is 3. The van der Waals surface area contributed by atoms with Crippen molar-refractivity contribution in [3.63, 3.8) is 0 Å². The maximum absolute atomic E-state index is 12.8. The van der Waals surface area contributed by atoms with Crippen LogP contribution in [0.1, 0.15) is 18.1 Å².